The molecular weight excluding hydrogens is 526 g/mol. The number of benzene rings is 3. The zero-order chi connectivity index (χ0) is 29.7. The van der Waals surface area contributed by atoms with E-state index in [0.29, 0.717) is 31.9 Å². The Morgan fingerprint density at radius 3 is 2.43 bits per heavy atom. The Morgan fingerprint density at radius 2 is 1.69 bits per heavy atom. The normalized spacial score (nSPS) is 15.1. The van der Waals surface area contributed by atoms with Crippen molar-refractivity contribution in [3.63, 3.8) is 0 Å². The first kappa shape index (κ1) is 31.1. The fourth-order valence-electron chi connectivity index (χ4n) is 5.25. The van der Waals surface area contributed by atoms with Crippen LogP contribution in [0, 0.1) is 6.92 Å². The van der Waals surface area contributed by atoms with Crippen LogP contribution < -0.4 is 14.8 Å². The minimum absolute atomic E-state index is 0.0961. The molecule has 0 radical (unpaired) electrons. The molecular formula is C35H45N3O4. The second kappa shape index (κ2) is 16.0. The molecule has 1 atom stereocenters. The molecule has 42 heavy (non-hydrogen) atoms. The average molecular weight is 572 g/mol. The largest absolute Gasteiger partial charge is 0.493 e. The van der Waals surface area contributed by atoms with Crippen LogP contribution in [0.4, 0.5) is 0 Å². The van der Waals surface area contributed by atoms with Gasteiger partial charge in [-0.15, -0.1) is 0 Å². The van der Waals surface area contributed by atoms with E-state index >= 15 is 0 Å². The predicted molar refractivity (Wildman–Crippen MR) is 167 cm³/mol. The molecule has 0 saturated carbocycles. The van der Waals surface area contributed by atoms with Gasteiger partial charge in [0.15, 0.2) is 6.61 Å². The van der Waals surface area contributed by atoms with Gasteiger partial charge in [0.2, 0.25) is 5.91 Å². The van der Waals surface area contributed by atoms with E-state index in [2.05, 4.69) is 48.5 Å². The molecule has 7 heteroatoms. The molecule has 0 spiro atoms. The van der Waals surface area contributed by atoms with E-state index in [0.717, 1.165) is 55.6 Å². The van der Waals surface area contributed by atoms with Crippen molar-refractivity contribution in [2.24, 2.45) is 0 Å². The molecule has 1 N–H and O–H groups in total. The zero-order valence-electron chi connectivity index (χ0n) is 25.3. The Morgan fingerprint density at radius 1 is 0.929 bits per heavy atom. The highest BCUT2D eigenvalue weighted by molar-refractivity contribution is 5.88. The summed E-state index contributed by atoms with van der Waals surface area (Å²) in [5.41, 5.74) is 4.49. The fourth-order valence-corrected chi connectivity index (χ4v) is 5.25. The third-order valence-electron chi connectivity index (χ3n) is 7.62. The number of nitrogens with zero attached hydrogens (tertiary/aromatic N) is 2. The number of nitrogens with one attached hydrogen (secondary N) is 1. The summed E-state index contributed by atoms with van der Waals surface area (Å²) in [7, 11) is 2.12. The van der Waals surface area contributed by atoms with Crippen LogP contribution >= 0.6 is 0 Å². The Balaban J connectivity index is 1.36. The molecule has 1 aliphatic rings. The van der Waals surface area contributed by atoms with Gasteiger partial charge >= 0.3 is 0 Å². The second-order valence-electron chi connectivity index (χ2n) is 11.2. The molecule has 1 saturated heterocycles. The van der Waals surface area contributed by atoms with Gasteiger partial charge in [0, 0.05) is 26.2 Å². The lowest BCUT2D eigenvalue weighted by Gasteiger charge is -2.30. The predicted octanol–water partition coefficient (Wildman–Crippen LogP) is 5.53. The van der Waals surface area contributed by atoms with Crippen LogP contribution in [-0.4, -0.2) is 61.0 Å². The lowest BCUT2D eigenvalue weighted by molar-refractivity contribution is -0.142. The number of hydrogen-bond donors (Lipinski definition) is 1. The first-order chi connectivity index (χ1) is 20.4. The van der Waals surface area contributed by atoms with Crippen LogP contribution in [0.3, 0.4) is 0 Å². The van der Waals surface area contributed by atoms with Crippen molar-refractivity contribution in [3.05, 3.63) is 95.1 Å². The van der Waals surface area contributed by atoms with Crippen molar-refractivity contribution >= 4 is 11.8 Å². The quantitative estimate of drug-likeness (QED) is 0.275. The summed E-state index contributed by atoms with van der Waals surface area (Å²) in [5.74, 6) is 1.18. The molecule has 2 amide bonds. The van der Waals surface area contributed by atoms with Gasteiger partial charge in [0.05, 0.1) is 6.61 Å². The molecule has 1 fully saturated rings. The molecule has 0 aliphatic carbocycles. The fraction of sp³-hybridized carbons (Fsp3) is 0.429. The van der Waals surface area contributed by atoms with Crippen LogP contribution in [0.2, 0.25) is 0 Å². The van der Waals surface area contributed by atoms with Gasteiger partial charge in [-0.2, -0.15) is 0 Å². The molecule has 0 aromatic heterocycles. The first-order valence-electron chi connectivity index (χ1n) is 15.2. The van der Waals surface area contributed by atoms with Gasteiger partial charge in [-0.25, -0.2) is 0 Å². The molecule has 3 aromatic rings. The van der Waals surface area contributed by atoms with E-state index in [1.807, 2.05) is 55.5 Å². The molecule has 1 heterocycles. The Bertz CT molecular complexity index is 1280. The van der Waals surface area contributed by atoms with Gasteiger partial charge < -0.3 is 24.6 Å². The van der Waals surface area contributed by atoms with Crippen molar-refractivity contribution in [2.45, 2.75) is 65.1 Å². The van der Waals surface area contributed by atoms with E-state index in [4.69, 9.17) is 9.47 Å². The molecule has 1 unspecified atom stereocenters. The smallest absolute Gasteiger partial charge is 0.261 e. The zero-order valence-corrected chi connectivity index (χ0v) is 25.3. The number of aryl methyl sites for hydroxylation is 1. The van der Waals surface area contributed by atoms with Gasteiger partial charge in [-0.1, -0.05) is 61.5 Å². The SMILES string of the molecule is CCCOc1ccc(CN(C(=O)COc2ccc(CN(C)CCc3ccccc3)cc2)C2CCCCNC2=O)cc1C. The third-order valence-corrected chi connectivity index (χ3v) is 7.62. The Labute approximate surface area is 250 Å². The van der Waals surface area contributed by atoms with E-state index in [1.54, 1.807) is 4.90 Å². The topological polar surface area (TPSA) is 71.1 Å². The van der Waals surface area contributed by atoms with Gasteiger partial charge in [0.1, 0.15) is 17.5 Å². The molecule has 4 rings (SSSR count). The summed E-state index contributed by atoms with van der Waals surface area (Å²) in [6, 6.07) is 23.9. The van der Waals surface area contributed by atoms with Crippen LogP contribution in [0.1, 0.15) is 54.9 Å². The number of carbonyl (C=O) groups is 2. The second-order valence-corrected chi connectivity index (χ2v) is 11.2. The maximum absolute atomic E-state index is 13.6. The summed E-state index contributed by atoms with van der Waals surface area (Å²) in [6.45, 7) is 7.40. The van der Waals surface area contributed by atoms with Gasteiger partial charge in [-0.05, 0) is 86.5 Å². The Hall–Kier alpha value is -3.84. The summed E-state index contributed by atoms with van der Waals surface area (Å²) in [5, 5.41) is 2.98. The van der Waals surface area contributed by atoms with Gasteiger partial charge in [-0.3, -0.25) is 9.59 Å². The molecule has 0 bridgehead atoms. The highest BCUT2D eigenvalue weighted by Gasteiger charge is 2.31. The number of carbonyl (C=O) groups excluding carboxylic acids is 2. The van der Waals surface area contributed by atoms with Crippen LogP contribution in [0.25, 0.3) is 0 Å². The Kier molecular flexibility index (Phi) is 11.8. The monoisotopic (exact) mass is 571 g/mol. The third kappa shape index (κ3) is 9.35. The average Bonchev–Trinajstić information content (AvgIpc) is 3.22. The summed E-state index contributed by atoms with van der Waals surface area (Å²) in [6.07, 6.45) is 4.39. The number of amides is 2. The summed E-state index contributed by atoms with van der Waals surface area (Å²) in [4.78, 5) is 30.5. The van der Waals surface area contributed by atoms with Crippen molar-refractivity contribution < 1.29 is 19.1 Å². The van der Waals surface area contributed by atoms with Crippen LogP contribution in [0.15, 0.2) is 72.8 Å². The lowest BCUT2D eigenvalue weighted by atomic mass is 10.1. The van der Waals surface area contributed by atoms with Crippen molar-refractivity contribution in [1.29, 1.82) is 0 Å². The van der Waals surface area contributed by atoms with Crippen LogP contribution in [-0.2, 0) is 29.1 Å². The lowest BCUT2D eigenvalue weighted by Crippen LogP contribution is -2.49. The minimum atomic E-state index is -0.520. The highest BCUT2D eigenvalue weighted by Crippen LogP contribution is 2.23. The van der Waals surface area contributed by atoms with E-state index in [9.17, 15) is 9.59 Å². The summed E-state index contributed by atoms with van der Waals surface area (Å²) < 4.78 is 11.8. The molecule has 1 aliphatic heterocycles. The minimum Gasteiger partial charge on any atom is -0.493 e. The number of hydrogen-bond acceptors (Lipinski definition) is 5. The number of ether oxygens (including phenoxy) is 2. The number of rotatable bonds is 14. The van der Waals surface area contributed by atoms with Crippen LogP contribution in [0.5, 0.6) is 11.5 Å². The van der Waals surface area contributed by atoms with E-state index < -0.39 is 6.04 Å². The van der Waals surface area contributed by atoms with Crippen molar-refractivity contribution in [1.82, 2.24) is 15.1 Å². The van der Waals surface area contributed by atoms with Crippen molar-refractivity contribution in [2.75, 3.05) is 33.4 Å². The maximum atomic E-state index is 13.6. The molecule has 224 valence electrons. The molecule has 7 nitrogen and oxygen atoms in total. The summed E-state index contributed by atoms with van der Waals surface area (Å²) >= 11 is 0. The van der Waals surface area contributed by atoms with E-state index in [1.165, 1.54) is 11.1 Å². The first-order valence-corrected chi connectivity index (χ1v) is 15.2. The van der Waals surface area contributed by atoms with Crippen molar-refractivity contribution in [3.8, 4) is 11.5 Å². The van der Waals surface area contributed by atoms with E-state index in [-0.39, 0.29) is 18.4 Å². The number of likely N-dealkylation sites (N-methyl/N-ethyl adjacent to an activating group) is 1. The van der Waals surface area contributed by atoms with Gasteiger partial charge in [0.25, 0.3) is 5.91 Å². The standard InChI is InChI=1S/C35H45N3O4/c1-4-22-41-33-18-15-30(23-27(33)2)25-38(32-12-8-9-20-36-35(32)40)34(39)26-42-31-16-13-29(14-17-31)24-37(3)21-19-28-10-6-5-7-11-28/h5-7,10-11,13-18,23,32H,4,8-9,12,19-22,24-26H2,1-3H3,(H,36,40). The molecule has 3 aromatic carbocycles. The maximum Gasteiger partial charge on any atom is 0.261 e. The highest BCUT2D eigenvalue weighted by atomic mass is 16.5.